The van der Waals surface area contributed by atoms with E-state index in [0.29, 0.717) is 0 Å². The van der Waals surface area contributed by atoms with Crippen molar-refractivity contribution < 1.29 is 9.47 Å². The first kappa shape index (κ1) is 18.4. The van der Waals surface area contributed by atoms with Crippen molar-refractivity contribution in [3.05, 3.63) is 77.9 Å². The molecule has 0 radical (unpaired) electrons. The maximum absolute atomic E-state index is 6.31. The van der Waals surface area contributed by atoms with Crippen LogP contribution in [0.2, 0.25) is 0 Å². The van der Waals surface area contributed by atoms with Gasteiger partial charge in [0.05, 0.1) is 31.4 Å². The summed E-state index contributed by atoms with van der Waals surface area (Å²) in [5, 5.41) is 0. The van der Waals surface area contributed by atoms with Crippen molar-refractivity contribution in [2.24, 2.45) is 7.05 Å². The minimum absolute atomic E-state index is 0.283. The molecule has 1 aliphatic rings. The normalized spacial score (nSPS) is 15.0. The summed E-state index contributed by atoms with van der Waals surface area (Å²) in [7, 11) is 3.70. The molecule has 0 N–H and O–H groups in total. The van der Waals surface area contributed by atoms with Gasteiger partial charge in [-0.05, 0) is 60.6 Å². The Balaban J connectivity index is 1.77. The van der Waals surface area contributed by atoms with E-state index in [4.69, 9.17) is 9.47 Å². The van der Waals surface area contributed by atoms with Crippen molar-refractivity contribution in [3.8, 4) is 11.5 Å². The van der Waals surface area contributed by atoms with E-state index in [2.05, 4.69) is 47.5 Å². The number of imidazole rings is 1. The molecular weight excluding hydrogens is 348 g/mol. The monoisotopic (exact) mass is 374 g/mol. The molecule has 28 heavy (non-hydrogen) atoms. The van der Waals surface area contributed by atoms with Crippen molar-refractivity contribution in [2.45, 2.75) is 31.8 Å². The van der Waals surface area contributed by atoms with E-state index < -0.39 is 0 Å². The number of nitrogens with zero attached hydrogens (tertiary/aromatic N) is 2. The molecule has 144 valence electrons. The third-order valence-corrected chi connectivity index (χ3v) is 5.30. The highest BCUT2D eigenvalue weighted by atomic mass is 16.5. The van der Waals surface area contributed by atoms with E-state index in [1.54, 1.807) is 7.11 Å². The van der Waals surface area contributed by atoms with Crippen LogP contribution in [0.25, 0.3) is 11.6 Å². The van der Waals surface area contributed by atoms with Gasteiger partial charge in [-0.3, -0.25) is 0 Å². The lowest BCUT2D eigenvalue weighted by Gasteiger charge is -2.18. The van der Waals surface area contributed by atoms with Gasteiger partial charge in [-0.2, -0.15) is 0 Å². The molecule has 0 atom stereocenters. The number of aromatic nitrogens is 2. The summed E-state index contributed by atoms with van der Waals surface area (Å²) < 4.78 is 13.9. The molecule has 4 rings (SSSR count). The highest BCUT2D eigenvalue weighted by Gasteiger charge is 2.19. The molecule has 0 bridgehead atoms. The van der Waals surface area contributed by atoms with Crippen molar-refractivity contribution in [3.63, 3.8) is 0 Å². The molecule has 1 aromatic heterocycles. The lowest BCUT2D eigenvalue weighted by atomic mass is 9.96. The van der Waals surface area contributed by atoms with E-state index in [-0.39, 0.29) is 6.10 Å². The minimum Gasteiger partial charge on any atom is -0.493 e. The summed E-state index contributed by atoms with van der Waals surface area (Å²) >= 11 is 0. The Hall–Kier alpha value is -3.01. The van der Waals surface area contributed by atoms with Crippen molar-refractivity contribution in [1.82, 2.24) is 9.55 Å². The van der Waals surface area contributed by atoms with Crippen LogP contribution in [-0.4, -0.2) is 22.8 Å². The number of hydrogen-bond donors (Lipinski definition) is 0. The average Bonchev–Trinajstić information content (AvgIpc) is 3.38. The first-order chi connectivity index (χ1) is 13.7. The molecule has 1 saturated carbocycles. The third kappa shape index (κ3) is 3.96. The molecule has 2 aromatic carbocycles. The van der Waals surface area contributed by atoms with Crippen LogP contribution < -0.4 is 9.47 Å². The fourth-order valence-electron chi connectivity index (χ4n) is 3.73. The van der Waals surface area contributed by atoms with Crippen molar-refractivity contribution in [1.29, 1.82) is 0 Å². The number of methoxy groups -OCH3 is 1. The predicted octanol–water partition coefficient (Wildman–Crippen LogP) is 5.34. The van der Waals surface area contributed by atoms with E-state index in [1.807, 2.05) is 36.3 Å². The van der Waals surface area contributed by atoms with Gasteiger partial charge in [0, 0.05) is 7.05 Å². The van der Waals surface area contributed by atoms with Crippen LogP contribution in [0, 0.1) is 0 Å². The van der Waals surface area contributed by atoms with Crippen LogP contribution >= 0.6 is 0 Å². The van der Waals surface area contributed by atoms with Crippen LogP contribution in [0.15, 0.2) is 61.1 Å². The van der Waals surface area contributed by atoms with E-state index in [0.717, 1.165) is 46.7 Å². The standard InChI is InChI=1S/C24H26N2O2/c1-26-17-25-16-20(26)15-22(18-8-4-3-5-9-18)19-12-13-23(27-2)24(14-19)28-21-10-6-7-11-21/h3-5,8-9,12-17,21H,6-7,10-11H2,1-2H3. The quantitative estimate of drug-likeness (QED) is 0.584. The molecule has 0 spiro atoms. The van der Waals surface area contributed by atoms with Gasteiger partial charge in [-0.1, -0.05) is 36.4 Å². The zero-order valence-corrected chi connectivity index (χ0v) is 16.5. The van der Waals surface area contributed by atoms with Crippen LogP contribution in [0.4, 0.5) is 0 Å². The maximum Gasteiger partial charge on any atom is 0.162 e. The number of hydrogen-bond acceptors (Lipinski definition) is 3. The number of benzene rings is 2. The molecule has 0 amide bonds. The summed E-state index contributed by atoms with van der Waals surface area (Å²) in [6.07, 6.45) is 10.9. The van der Waals surface area contributed by atoms with Gasteiger partial charge < -0.3 is 14.0 Å². The lowest BCUT2D eigenvalue weighted by molar-refractivity contribution is 0.201. The molecule has 1 fully saturated rings. The molecule has 1 aliphatic carbocycles. The second-order valence-electron chi connectivity index (χ2n) is 7.24. The maximum atomic E-state index is 6.31. The van der Waals surface area contributed by atoms with Crippen LogP contribution in [0.3, 0.4) is 0 Å². The summed E-state index contributed by atoms with van der Waals surface area (Å²) in [6.45, 7) is 0. The molecule has 0 saturated heterocycles. The summed E-state index contributed by atoms with van der Waals surface area (Å²) in [5.74, 6) is 1.60. The van der Waals surface area contributed by atoms with Gasteiger partial charge in [0.2, 0.25) is 0 Å². The third-order valence-electron chi connectivity index (χ3n) is 5.30. The van der Waals surface area contributed by atoms with Gasteiger partial charge in [-0.15, -0.1) is 0 Å². The summed E-state index contributed by atoms with van der Waals surface area (Å²) in [5.41, 5.74) is 4.43. The second-order valence-corrected chi connectivity index (χ2v) is 7.24. The number of rotatable bonds is 6. The first-order valence-electron chi connectivity index (χ1n) is 9.83. The highest BCUT2D eigenvalue weighted by Crippen LogP contribution is 2.36. The Morgan fingerprint density at radius 3 is 2.50 bits per heavy atom. The fraction of sp³-hybridized carbons (Fsp3) is 0.292. The van der Waals surface area contributed by atoms with E-state index >= 15 is 0 Å². The summed E-state index contributed by atoms with van der Waals surface area (Å²) in [4.78, 5) is 4.25. The first-order valence-corrected chi connectivity index (χ1v) is 9.83. The Morgan fingerprint density at radius 1 is 1.04 bits per heavy atom. The minimum atomic E-state index is 0.283. The second kappa shape index (κ2) is 8.34. The van der Waals surface area contributed by atoms with E-state index in [9.17, 15) is 0 Å². The number of ether oxygens (including phenoxy) is 2. The molecule has 3 aromatic rings. The number of aryl methyl sites for hydroxylation is 1. The van der Waals surface area contributed by atoms with E-state index in [1.165, 1.54) is 12.8 Å². The van der Waals surface area contributed by atoms with Gasteiger partial charge in [0.1, 0.15) is 0 Å². The molecular formula is C24H26N2O2. The summed E-state index contributed by atoms with van der Waals surface area (Å²) in [6, 6.07) is 16.6. The zero-order valence-electron chi connectivity index (χ0n) is 16.5. The molecule has 4 nitrogen and oxygen atoms in total. The van der Waals surface area contributed by atoms with Gasteiger partial charge in [-0.25, -0.2) is 4.98 Å². The predicted molar refractivity (Wildman–Crippen MR) is 113 cm³/mol. The van der Waals surface area contributed by atoms with Gasteiger partial charge in [0.25, 0.3) is 0 Å². The highest BCUT2D eigenvalue weighted by molar-refractivity contribution is 5.91. The Labute approximate surface area is 166 Å². The average molecular weight is 374 g/mol. The van der Waals surface area contributed by atoms with Crippen LogP contribution in [-0.2, 0) is 7.05 Å². The van der Waals surface area contributed by atoms with Crippen molar-refractivity contribution in [2.75, 3.05) is 7.11 Å². The van der Waals surface area contributed by atoms with Crippen molar-refractivity contribution >= 4 is 11.6 Å². The van der Waals surface area contributed by atoms with Crippen LogP contribution in [0.1, 0.15) is 42.5 Å². The largest absolute Gasteiger partial charge is 0.493 e. The van der Waals surface area contributed by atoms with Crippen LogP contribution in [0.5, 0.6) is 11.5 Å². The SMILES string of the molecule is COc1ccc(C(=Cc2cncn2C)c2ccccc2)cc1OC1CCCC1. The lowest BCUT2D eigenvalue weighted by Crippen LogP contribution is -2.11. The molecule has 4 heteroatoms. The molecule has 0 aliphatic heterocycles. The molecule has 0 unspecified atom stereocenters. The Kier molecular flexibility index (Phi) is 5.47. The fourth-order valence-corrected chi connectivity index (χ4v) is 3.73. The molecule has 1 heterocycles. The Bertz CT molecular complexity index is 954. The van der Waals surface area contributed by atoms with Gasteiger partial charge in [0.15, 0.2) is 11.5 Å². The Morgan fingerprint density at radius 2 is 1.82 bits per heavy atom. The zero-order chi connectivity index (χ0) is 19.3. The van der Waals surface area contributed by atoms with Gasteiger partial charge >= 0.3 is 0 Å². The topological polar surface area (TPSA) is 36.3 Å². The smallest absolute Gasteiger partial charge is 0.162 e.